The summed E-state index contributed by atoms with van der Waals surface area (Å²) in [7, 11) is -15.3. The zero-order valence-corrected chi connectivity index (χ0v) is 44.7. The molecule has 2 aromatic heterocycles. The average molecular weight is 1160 g/mol. The minimum absolute atomic E-state index is 0.00796. The predicted octanol–water partition coefficient (Wildman–Crippen LogP) is 6.52. The molecule has 4 aliphatic heterocycles. The summed E-state index contributed by atoms with van der Waals surface area (Å²) in [6, 6.07) is 17.2. The molecule has 6 aromatic rings. The Hall–Kier alpha value is -6.04. The lowest BCUT2D eigenvalue weighted by atomic mass is 9.94. The van der Waals surface area contributed by atoms with Crippen LogP contribution in [0.1, 0.15) is 76.1 Å². The molecule has 4 aliphatic rings. The first-order chi connectivity index (χ1) is 37.0. The average Bonchev–Trinajstić information content (AvgIpc) is 3.93. The first-order valence-electron chi connectivity index (χ1n) is 24.5. The number of aromatic nitrogens is 4. The molecule has 4 aromatic carbocycles. The van der Waals surface area contributed by atoms with Crippen molar-refractivity contribution in [3.63, 3.8) is 0 Å². The van der Waals surface area contributed by atoms with Gasteiger partial charge in [0, 0.05) is 72.1 Å². The summed E-state index contributed by atoms with van der Waals surface area (Å²) in [6.45, 7) is 2.56. The van der Waals surface area contributed by atoms with Gasteiger partial charge in [0.05, 0.1) is 59.0 Å². The summed E-state index contributed by atoms with van der Waals surface area (Å²) in [5.41, 5.74) is 1.93. The molecule has 78 heavy (non-hydrogen) atoms. The van der Waals surface area contributed by atoms with Crippen molar-refractivity contribution >= 4 is 51.9 Å². The number of morpholine rings is 1. The van der Waals surface area contributed by atoms with E-state index in [4.69, 9.17) is 4.74 Å². The van der Waals surface area contributed by atoms with E-state index in [0.717, 1.165) is 48.3 Å². The summed E-state index contributed by atoms with van der Waals surface area (Å²) in [5, 5.41) is 13.6. The number of hydrogen-bond donors (Lipinski definition) is 2. The Kier molecular flexibility index (Phi) is 17.0. The van der Waals surface area contributed by atoms with Gasteiger partial charge in [-0.1, -0.05) is 30.7 Å². The van der Waals surface area contributed by atoms with Crippen LogP contribution in [0.4, 0.5) is 26.3 Å². The predicted molar refractivity (Wildman–Crippen MR) is 278 cm³/mol. The molecule has 0 bridgehead atoms. The second-order valence-corrected chi connectivity index (χ2v) is 26.5. The van der Waals surface area contributed by atoms with Gasteiger partial charge in [0.25, 0.3) is 0 Å². The van der Waals surface area contributed by atoms with Crippen LogP contribution in [0.5, 0.6) is 0 Å². The Balaban J connectivity index is 0.000000190. The van der Waals surface area contributed by atoms with Crippen LogP contribution in [0.2, 0.25) is 0 Å². The topological polar surface area (TPSA) is 212 Å². The molecule has 2 unspecified atom stereocenters. The number of benzene rings is 4. The third-order valence-electron chi connectivity index (χ3n) is 13.2. The van der Waals surface area contributed by atoms with Crippen molar-refractivity contribution in [2.24, 2.45) is 0 Å². The Morgan fingerprint density at radius 3 is 1.37 bits per heavy atom. The lowest BCUT2D eigenvalue weighted by molar-refractivity contribution is 0.0274. The smallest absolute Gasteiger partial charge is 0.246 e. The van der Waals surface area contributed by atoms with E-state index in [1.165, 1.54) is 69.0 Å². The number of sulfone groups is 2. The highest BCUT2D eigenvalue weighted by molar-refractivity contribution is 7.92. The fraction of sp³-hybridized carbons (Fsp3) is 0.333. The first-order valence-corrected chi connectivity index (χ1v) is 31.3. The van der Waals surface area contributed by atoms with Crippen LogP contribution in [-0.2, 0) is 68.8 Å². The van der Waals surface area contributed by atoms with Crippen LogP contribution < -0.4 is 9.66 Å². The van der Waals surface area contributed by atoms with E-state index in [1.54, 1.807) is 17.1 Å². The maximum Gasteiger partial charge on any atom is 0.246 e. The van der Waals surface area contributed by atoms with Crippen LogP contribution in [0, 0.1) is 34.9 Å². The van der Waals surface area contributed by atoms with Crippen LogP contribution in [0.25, 0.3) is 23.5 Å². The van der Waals surface area contributed by atoms with Crippen LogP contribution in [0.15, 0.2) is 95.7 Å². The van der Waals surface area contributed by atoms with Gasteiger partial charge in [-0.15, -0.1) is 9.66 Å². The summed E-state index contributed by atoms with van der Waals surface area (Å²) >= 11 is 0. The number of rotatable bonds is 14. The Morgan fingerprint density at radius 1 is 0.551 bits per heavy atom. The number of fused-ring (bicyclic) bond motifs is 2. The Labute approximate surface area is 447 Å². The Bertz CT molecular complexity index is 3510. The largest absolute Gasteiger partial charge is 0.379 e. The van der Waals surface area contributed by atoms with Crippen molar-refractivity contribution in [2.45, 2.75) is 55.4 Å². The third-order valence-corrected chi connectivity index (χ3v) is 18.5. The van der Waals surface area contributed by atoms with E-state index in [2.05, 4.69) is 19.9 Å². The fourth-order valence-corrected chi connectivity index (χ4v) is 15.3. The quantitative estimate of drug-likeness (QED) is 0.112. The van der Waals surface area contributed by atoms with Crippen LogP contribution in [0.3, 0.4) is 0 Å². The molecule has 6 heterocycles. The minimum atomic E-state index is -3.99. The molecule has 2 saturated heterocycles. The van der Waals surface area contributed by atoms with Crippen molar-refractivity contribution in [1.82, 2.24) is 39.2 Å². The Morgan fingerprint density at radius 2 is 0.962 bits per heavy atom. The first kappa shape index (κ1) is 56.7. The normalized spacial score (nSPS) is 19.8. The van der Waals surface area contributed by atoms with E-state index >= 15 is 0 Å². The van der Waals surface area contributed by atoms with E-state index in [1.807, 2.05) is 0 Å². The van der Waals surface area contributed by atoms with Gasteiger partial charge < -0.3 is 4.74 Å². The van der Waals surface area contributed by atoms with Gasteiger partial charge in [-0.25, -0.2) is 79.4 Å². The molecule has 0 aliphatic carbocycles. The number of ether oxygens (including phenoxy) is 1. The molecule has 2 fully saturated rings. The molecule has 0 amide bonds. The minimum Gasteiger partial charge on any atom is -0.379 e. The van der Waals surface area contributed by atoms with Gasteiger partial charge in [-0.05, 0) is 97.5 Å². The SMILES string of the molecule is O=S1(=O)Cc2c(/C=C/S(=O)(=O)NN3CCCCC3)nn(-c3ccc(F)cc3F)c2C(Cc2cccc(F)c2)C1.O=S1(=O)Cc2c(/C=C/S(=O)(=O)NN3CCOCC3)nn(-c3ccc(F)cc3F)c2C(Cc2cccc(F)c2)C1. The standard InChI is InChI=1S/C26H27F3N4O4S2.C25H25F3N4O5S2/c27-20-6-4-5-18(14-20)13-19-16-38(34,35)17-22-24(9-12-39(36,37)31-32-10-2-1-3-11-32)30-33(26(19)22)25-8-7-21(28)15-23(25)29;26-19-3-1-2-17(13-19)12-18-15-38(33,34)16-21-23(6-11-39(35,36)30-31-7-9-37-10-8-31)29-32(25(18)21)24-5-4-20(27)14-22(24)28/h4-9,12,14-15,19,31H,1-3,10-11,13,16-17H2;1-6,11,13-14,18,30H,7-10,12,15-16H2/b12-9+;11-6+. The van der Waals surface area contributed by atoms with Gasteiger partial charge in [0.15, 0.2) is 31.3 Å². The maximum absolute atomic E-state index is 14.9. The lowest BCUT2D eigenvalue weighted by Gasteiger charge is -2.26. The molecule has 0 spiro atoms. The molecule has 0 saturated carbocycles. The van der Waals surface area contributed by atoms with E-state index in [0.29, 0.717) is 74.0 Å². The van der Waals surface area contributed by atoms with Gasteiger partial charge in [-0.3, -0.25) is 0 Å². The number of hydrogen-bond acceptors (Lipinski definition) is 13. The second-order valence-electron chi connectivity index (χ2n) is 19.2. The van der Waals surface area contributed by atoms with Crippen LogP contribution >= 0.6 is 0 Å². The molecule has 27 heteroatoms. The number of sulfonamides is 2. The molecule has 10 rings (SSSR count). The summed E-state index contributed by atoms with van der Waals surface area (Å²) < 4.78 is 195. The van der Waals surface area contributed by atoms with E-state index in [9.17, 15) is 60.0 Å². The van der Waals surface area contributed by atoms with Crippen molar-refractivity contribution in [1.29, 1.82) is 0 Å². The van der Waals surface area contributed by atoms with Gasteiger partial charge in [0.1, 0.15) is 34.6 Å². The molecule has 2 N–H and O–H groups in total. The molecule has 2 atom stereocenters. The maximum atomic E-state index is 14.9. The molecular formula is C51H52F6N8O9S4. The van der Waals surface area contributed by atoms with Gasteiger partial charge in [0.2, 0.25) is 20.0 Å². The molecule has 17 nitrogen and oxygen atoms in total. The summed E-state index contributed by atoms with van der Waals surface area (Å²) in [4.78, 5) is 4.90. The van der Waals surface area contributed by atoms with Gasteiger partial charge >= 0.3 is 0 Å². The third kappa shape index (κ3) is 14.0. The highest BCUT2D eigenvalue weighted by Crippen LogP contribution is 2.39. The van der Waals surface area contributed by atoms with Crippen molar-refractivity contribution in [2.75, 3.05) is 50.9 Å². The number of piperidine rings is 1. The highest BCUT2D eigenvalue weighted by Gasteiger charge is 2.38. The van der Waals surface area contributed by atoms with E-state index in [-0.39, 0.29) is 58.2 Å². The van der Waals surface area contributed by atoms with Crippen molar-refractivity contribution in [3.8, 4) is 11.4 Å². The summed E-state index contributed by atoms with van der Waals surface area (Å²) in [5.74, 6) is -7.47. The fourth-order valence-electron chi connectivity index (χ4n) is 9.94. The molecule has 416 valence electrons. The zero-order chi connectivity index (χ0) is 55.6. The number of halogens is 6. The summed E-state index contributed by atoms with van der Waals surface area (Å²) in [6.07, 6.45) is 5.27. The second kappa shape index (κ2) is 23.3. The van der Waals surface area contributed by atoms with E-state index < -0.39 is 98.0 Å². The lowest BCUT2D eigenvalue weighted by Crippen LogP contribution is -2.47. The van der Waals surface area contributed by atoms with Crippen molar-refractivity contribution < 1.29 is 64.8 Å². The highest BCUT2D eigenvalue weighted by atomic mass is 32.2. The van der Waals surface area contributed by atoms with Gasteiger partial charge in [-0.2, -0.15) is 10.2 Å². The molecular weight excluding hydrogens is 1110 g/mol. The monoisotopic (exact) mass is 1160 g/mol. The zero-order valence-electron chi connectivity index (χ0n) is 41.4. The number of nitrogens with one attached hydrogen (secondary N) is 2. The van der Waals surface area contributed by atoms with Crippen LogP contribution in [-0.4, -0.2) is 114 Å². The number of hydrazine groups is 2. The number of nitrogens with zero attached hydrogens (tertiary/aromatic N) is 6. The molecule has 0 radical (unpaired) electrons. The van der Waals surface area contributed by atoms with Crippen molar-refractivity contribution in [3.05, 3.63) is 176 Å².